The summed E-state index contributed by atoms with van der Waals surface area (Å²) in [5, 5.41) is 2.88. The van der Waals surface area contributed by atoms with Gasteiger partial charge in [-0.25, -0.2) is 9.97 Å². The van der Waals surface area contributed by atoms with E-state index >= 15 is 0 Å². The van der Waals surface area contributed by atoms with Gasteiger partial charge >= 0.3 is 0 Å². The van der Waals surface area contributed by atoms with Crippen LogP contribution in [0.1, 0.15) is 49.0 Å². The van der Waals surface area contributed by atoms with E-state index in [-0.39, 0.29) is 11.8 Å². The molecule has 0 unspecified atom stereocenters. The fourth-order valence-corrected chi connectivity index (χ4v) is 3.22. The van der Waals surface area contributed by atoms with Gasteiger partial charge in [-0.15, -0.1) is 0 Å². The Morgan fingerprint density at radius 2 is 2.00 bits per heavy atom. The lowest BCUT2D eigenvalue weighted by molar-refractivity contribution is -0.127. The van der Waals surface area contributed by atoms with Crippen LogP contribution in [0.2, 0.25) is 0 Å². The van der Waals surface area contributed by atoms with E-state index in [1.165, 1.54) is 6.42 Å². The molecule has 130 valence electrons. The van der Waals surface area contributed by atoms with Crippen LogP contribution < -0.4 is 10.2 Å². The standard InChI is InChI=1S/C17H25N5O2/c23-15-6-4-12-21(15)13-5-8-18-16(24)14-7-9-19-17(20-14)22-10-2-1-3-11-22/h7,9H,1-6,8,10-13H2,(H,18,24). The van der Waals surface area contributed by atoms with Crippen molar-refractivity contribution in [3.8, 4) is 0 Å². The summed E-state index contributed by atoms with van der Waals surface area (Å²) in [6, 6.07) is 1.65. The molecule has 0 aliphatic carbocycles. The molecule has 0 saturated carbocycles. The second kappa shape index (κ2) is 8.08. The van der Waals surface area contributed by atoms with Crippen LogP contribution in [-0.4, -0.2) is 59.4 Å². The molecule has 1 N–H and O–H groups in total. The molecule has 2 aliphatic rings. The number of carbonyl (C=O) groups excluding carboxylic acids is 2. The monoisotopic (exact) mass is 331 g/mol. The smallest absolute Gasteiger partial charge is 0.270 e. The van der Waals surface area contributed by atoms with Gasteiger partial charge in [-0.3, -0.25) is 9.59 Å². The maximum Gasteiger partial charge on any atom is 0.270 e. The Kier molecular flexibility index (Phi) is 5.61. The average Bonchev–Trinajstić information content (AvgIpc) is 3.04. The van der Waals surface area contributed by atoms with Gasteiger partial charge < -0.3 is 15.1 Å². The van der Waals surface area contributed by atoms with Crippen molar-refractivity contribution in [2.24, 2.45) is 0 Å². The highest BCUT2D eigenvalue weighted by Gasteiger charge is 2.19. The van der Waals surface area contributed by atoms with Gasteiger partial charge in [-0.1, -0.05) is 0 Å². The minimum absolute atomic E-state index is 0.177. The maximum absolute atomic E-state index is 12.2. The third-order valence-corrected chi connectivity index (χ3v) is 4.58. The highest BCUT2D eigenvalue weighted by Crippen LogP contribution is 2.15. The average molecular weight is 331 g/mol. The van der Waals surface area contributed by atoms with Crippen molar-refractivity contribution in [2.45, 2.75) is 38.5 Å². The lowest BCUT2D eigenvalue weighted by Gasteiger charge is -2.26. The molecule has 2 saturated heterocycles. The molecule has 0 aromatic carbocycles. The van der Waals surface area contributed by atoms with E-state index in [4.69, 9.17) is 0 Å². The van der Waals surface area contributed by atoms with Crippen LogP contribution in [0.5, 0.6) is 0 Å². The van der Waals surface area contributed by atoms with Gasteiger partial charge in [-0.2, -0.15) is 0 Å². The van der Waals surface area contributed by atoms with Crippen LogP contribution in [-0.2, 0) is 4.79 Å². The zero-order valence-corrected chi connectivity index (χ0v) is 14.0. The lowest BCUT2D eigenvalue weighted by Crippen LogP contribution is -2.33. The van der Waals surface area contributed by atoms with Crippen LogP contribution >= 0.6 is 0 Å². The molecule has 7 nitrogen and oxygen atoms in total. The number of carbonyl (C=O) groups is 2. The highest BCUT2D eigenvalue weighted by atomic mass is 16.2. The van der Waals surface area contributed by atoms with Crippen LogP contribution in [0.15, 0.2) is 12.3 Å². The zero-order chi connectivity index (χ0) is 16.8. The molecular weight excluding hydrogens is 306 g/mol. The van der Waals surface area contributed by atoms with Crippen molar-refractivity contribution in [1.29, 1.82) is 0 Å². The predicted octanol–water partition coefficient (Wildman–Crippen LogP) is 1.21. The van der Waals surface area contributed by atoms with E-state index in [0.717, 1.165) is 45.3 Å². The number of nitrogens with zero attached hydrogens (tertiary/aromatic N) is 4. The number of likely N-dealkylation sites (tertiary alicyclic amines) is 1. The molecule has 2 aliphatic heterocycles. The third-order valence-electron chi connectivity index (χ3n) is 4.58. The fourth-order valence-electron chi connectivity index (χ4n) is 3.22. The van der Waals surface area contributed by atoms with Crippen molar-refractivity contribution in [1.82, 2.24) is 20.2 Å². The van der Waals surface area contributed by atoms with Gasteiger partial charge in [-0.05, 0) is 38.2 Å². The van der Waals surface area contributed by atoms with E-state index in [0.29, 0.717) is 31.2 Å². The number of aromatic nitrogens is 2. The van der Waals surface area contributed by atoms with Crippen LogP contribution in [0.25, 0.3) is 0 Å². The van der Waals surface area contributed by atoms with Gasteiger partial charge in [0.25, 0.3) is 5.91 Å². The summed E-state index contributed by atoms with van der Waals surface area (Å²) in [5.41, 5.74) is 0.405. The van der Waals surface area contributed by atoms with Gasteiger partial charge in [0.15, 0.2) is 0 Å². The summed E-state index contributed by atoms with van der Waals surface area (Å²) in [6.45, 7) is 4.01. The minimum Gasteiger partial charge on any atom is -0.351 e. The largest absolute Gasteiger partial charge is 0.351 e. The van der Waals surface area contributed by atoms with E-state index < -0.39 is 0 Å². The molecule has 2 fully saturated rings. The van der Waals surface area contributed by atoms with E-state index in [1.54, 1.807) is 12.3 Å². The van der Waals surface area contributed by atoms with E-state index in [2.05, 4.69) is 20.2 Å². The number of rotatable bonds is 6. The first-order chi connectivity index (χ1) is 11.7. The number of amides is 2. The number of hydrogen-bond acceptors (Lipinski definition) is 5. The summed E-state index contributed by atoms with van der Waals surface area (Å²) in [4.78, 5) is 36.5. The van der Waals surface area contributed by atoms with Gasteiger partial charge in [0, 0.05) is 45.3 Å². The molecule has 3 heterocycles. The van der Waals surface area contributed by atoms with Crippen molar-refractivity contribution in [3.63, 3.8) is 0 Å². The maximum atomic E-state index is 12.2. The number of piperidine rings is 1. The molecule has 7 heteroatoms. The Bertz CT molecular complexity index is 586. The van der Waals surface area contributed by atoms with Gasteiger partial charge in [0.2, 0.25) is 11.9 Å². The van der Waals surface area contributed by atoms with Crippen LogP contribution in [0, 0.1) is 0 Å². The summed E-state index contributed by atoms with van der Waals surface area (Å²) in [7, 11) is 0. The lowest BCUT2D eigenvalue weighted by atomic mass is 10.1. The fraction of sp³-hybridized carbons (Fsp3) is 0.647. The predicted molar refractivity (Wildman–Crippen MR) is 90.9 cm³/mol. The number of nitrogens with one attached hydrogen (secondary N) is 1. The van der Waals surface area contributed by atoms with Crippen molar-refractivity contribution in [2.75, 3.05) is 37.6 Å². The molecule has 2 amide bonds. The minimum atomic E-state index is -0.177. The molecule has 24 heavy (non-hydrogen) atoms. The molecule has 0 spiro atoms. The Morgan fingerprint density at radius 1 is 1.17 bits per heavy atom. The Hall–Kier alpha value is -2.18. The Balaban J connectivity index is 1.46. The highest BCUT2D eigenvalue weighted by molar-refractivity contribution is 5.92. The normalized spacial score (nSPS) is 18.1. The van der Waals surface area contributed by atoms with Crippen molar-refractivity contribution in [3.05, 3.63) is 18.0 Å². The molecule has 1 aromatic rings. The van der Waals surface area contributed by atoms with Crippen molar-refractivity contribution >= 4 is 17.8 Å². The van der Waals surface area contributed by atoms with E-state index in [9.17, 15) is 9.59 Å². The Morgan fingerprint density at radius 3 is 2.75 bits per heavy atom. The molecule has 0 atom stereocenters. The first-order valence-corrected chi connectivity index (χ1v) is 8.88. The third kappa shape index (κ3) is 4.21. The summed E-state index contributed by atoms with van der Waals surface area (Å²) < 4.78 is 0. The number of hydrogen-bond donors (Lipinski definition) is 1. The molecule has 3 rings (SSSR count). The van der Waals surface area contributed by atoms with Gasteiger partial charge in [0.1, 0.15) is 5.69 Å². The second-order valence-electron chi connectivity index (χ2n) is 6.38. The first-order valence-electron chi connectivity index (χ1n) is 8.88. The Labute approximate surface area is 142 Å². The topological polar surface area (TPSA) is 78.4 Å². The summed E-state index contributed by atoms with van der Waals surface area (Å²) in [5.74, 6) is 0.691. The molecule has 0 bridgehead atoms. The van der Waals surface area contributed by atoms with Gasteiger partial charge in [0.05, 0.1) is 0 Å². The van der Waals surface area contributed by atoms with Crippen LogP contribution in [0.3, 0.4) is 0 Å². The number of anilines is 1. The summed E-state index contributed by atoms with van der Waals surface area (Å²) in [6.07, 6.45) is 7.56. The SMILES string of the molecule is O=C(NCCCN1CCCC1=O)c1ccnc(N2CCCCC2)n1. The quantitative estimate of drug-likeness (QED) is 0.793. The molecular formula is C17H25N5O2. The first kappa shape index (κ1) is 16.7. The second-order valence-corrected chi connectivity index (χ2v) is 6.38. The van der Waals surface area contributed by atoms with Crippen molar-refractivity contribution < 1.29 is 9.59 Å². The zero-order valence-electron chi connectivity index (χ0n) is 14.0. The van der Waals surface area contributed by atoms with Crippen LogP contribution in [0.4, 0.5) is 5.95 Å². The molecule has 1 aromatic heterocycles. The molecule has 0 radical (unpaired) electrons. The van der Waals surface area contributed by atoms with E-state index in [1.807, 2.05) is 4.90 Å². The summed E-state index contributed by atoms with van der Waals surface area (Å²) >= 11 is 0.